The van der Waals surface area contributed by atoms with Gasteiger partial charge in [0.05, 0.1) is 22.5 Å². The van der Waals surface area contributed by atoms with Crippen LogP contribution in [0, 0.1) is 13.8 Å². The predicted octanol–water partition coefficient (Wildman–Crippen LogP) is 5.69. The van der Waals surface area contributed by atoms with Gasteiger partial charge in [0, 0.05) is 79.7 Å². The van der Waals surface area contributed by atoms with Crippen molar-refractivity contribution in [1.82, 2.24) is 25.0 Å². The van der Waals surface area contributed by atoms with Crippen molar-refractivity contribution in [2.24, 2.45) is 0 Å². The summed E-state index contributed by atoms with van der Waals surface area (Å²) < 4.78 is 0. The highest BCUT2D eigenvalue weighted by Crippen LogP contribution is 2.40. The van der Waals surface area contributed by atoms with E-state index < -0.39 is 0 Å². The van der Waals surface area contributed by atoms with Crippen LogP contribution in [0.1, 0.15) is 61.6 Å². The second-order valence-electron chi connectivity index (χ2n) is 14.1. The highest BCUT2D eigenvalue weighted by atomic mass is 16.2. The molecule has 7 rings (SSSR count). The lowest BCUT2D eigenvalue weighted by Crippen LogP contribution is -2.43. The fourth-order valence-electron chi connectivity index (χ4n) is 7.35. The number of hydrogen-bond acceptors (Lipinski definition) is 7. The van der Waals surface area contributed by atoms with E-state index in [0.29, 0.717) is 34.6 Å². The maximum absolute atomic E-state index is 13.3. The zero-order chi connectivity index (χ0) is 36.2. The molecular weight excluding hydrogens is 653 g/mol. The molecule has 52 heavy (non-hydrogen) atoms. The Morgan fingerprint density at radius 3 is 2.35 bits per heavy atom. The van der Waals surface area contributed by atoms with Crippen LogP contribution in [0.15, 0.2) is 66.7 Å². The molecular formula is C41H48N8O3. The molecule has 3 aromatic carbocycles. The maximum atomic E-state index is 13.3. The lowest BCUT2D eigenvalue weighted by Gasteiger charge is -2.32. The van der Waals surface area contributed by atoms with Crippen molar-refractivity contribution in [3.05, 3.63) is 106 Å². The number of fused-ring (bicyclic) bond motifs is 1. The van der Waals surface area contributed by atoms with Crippen LogP contribution < -0.4 is 21.3 Å². The Hall–Kier alpha value is -5.23. The smallest absolute Gasteiger partial charge is 0.256 e. The predicted molar refractivity (Wildman–Crippen MR) is 208 cm³/mol. The monoisotopic (exact) mass is 700 g/mol. The summed E-state index contributed by atoms with van der Waals surface area (Å²) in [5, 5.41) is 12.6. The van der Waals surface area contributed by atoms with E-state index in [4.69, 9.17) is 0 Å². The fraction of sp³-hybridized carbons (Fsp3) is 0.341. The Morgan fingerprint density at radius 2 is 1.58 bits per heavy atom. The number of nitrogens with zero attached hydrogens (tertiary/aromatic N) is 3. The number of benzene rings is 3. The van der Waals surface area contributed by atoms with Crippen LogP contribution in [-0.2, 0) is 11.3 Å². The number of hydrogen-bond donors (Lipinski definition) is 5. The molecule has 0 aliphatic carbocycles. The lowest BCUT2D eigenvalue weighted by molar-refractivity contribution is -0.110. The number of aryl methyl sites for hydroxylation is 1. The second-order valence-corrected chi connectivity index (χ2v) is 14.1. The van der Waals surface area contributed by atoms with Crippen molar-refractivity contribution in [3.63, 3.8) is 0 Å². The van der Waals surface area contributed by atoms with Crippen LogP contribution in [-0.4, -0.2) is 96.8 Å². The molecule has 11 heteroatoms. The zero-order valence-corrected chi connectivity index (χ0v) is 30.3. The van der Waals surface area contributed by atoms with E-state index in [9.17, 15) is 14.4 Å². The molecule has 1 aromatic heterocycles. The van der Waals surface area contributed by atoms with Gasteiger partial charge in [-0.05, 0) is 100 Å². The SMILES string of the molecule is Cc1[nH]c(C=C2C(=O)Nc3c(Nc4cccc(NC(=O)c5ccc(CN6CCN(C)CC6)cc5)c4)cccc32)c(C)c1C(=O)NCCN1CCCC1. The number of amides is 3. The summed E-state index contributed by atoms with van der Waals surface area (Å²) >= 11 is 0. The number of rotatable bonds is 11. The van der Waals surface area contributed by atoms with Gasteiger partial charge < -0.3 is 36.1 Å². The van der Waals surface area contributed by atoms with Crippen molar-refractivity contribution >= 4 is 52.1 Å². The minimum atomic E-state index is -0.219. The van der Waals surface area contributed by atoms with Crippen LogP contribution in [0.25, 0.3) is 11.6 Å². The molecule has 270 valence electrons. The third-order valence-electron chi connectivity index (χ3n) is 10.4. The number of aromatic amines is 1. The topological polar surface area (TPSA) is 125 Å². The van der Waals surface area contributed by atoms with E-state index in [1.54, 1.807) is 0 Å². The summed E-state index contributed by atoms with van der Waals surface area (Å²) in [5.41, 5.74) is 8.80. The Labute approximate surface area is 305 Å². The zero-order valence-electron chi connectivity index (χ0n) is 30.3. The molecule has 3 aliphatic heterocycles. The number of H-pyrrole nitrogens is 1. The summed E-state index contributed by atoms with van der Waals surface area (Å²) in [7, 11) is 2.15. The second kappa shape index (κ2) is 15.6. The van der Waals surface area contributed by atoms with Crippen molar-refractivity contribution in [1.29, 1.82) is 0 Å². The Morgan fingerprint density at radius 1 is 0.846 bits per heavy atom. The summed E-state index contributed by atoms with van der Waals surface area (Å²) in [5.74, 6) is -0.502. The first-order valence-corrected chi connectivity index (χ1v) is 18.3. The molecule has 2 fully saturated rings. The van der Waals surface area contributed by atoms with Crippen LogP contribution >= 0.6 is 0 Å². The molecule has 5 N–H and O–H groups in total. The van der Waals surface area contributed by atoms with Gasteiger partial charge in [-0.25, -0.2) is 0 Å². The number of nitrogens with one attached hydrogen (secondary N) is 5. The van der Waals surface area contributed by atoms with Crippen LogP contribution in [0.3, 0.4) is 0 Å². The van der Waals surface area contributed by atoms with Gasteiger partial charge in [0.15, 0.2) is 0 Å². The number of anilines is 4. The van der Waals surface area contributed by atoms with Gasteiger partial charge in [-0.1, -0.05) is 30.3 Å². The summed E-state index contributed by atoms with van der Waals surface area (Å²) in [6.07, 6.45) is 4.26. The number of likely N-dealkylation sites (N-methyl/N-ethyl adjacent to an activating group) is 1. The van der Waals surface area contributed by atoms with Crippen molar-refractivity contribution in [2.75, 3.05) is 75.4 Å². The normalized spacial score (nSPS) is 17.3. The Balaban J connectivity index is 1.01. The third kappa shape index (κ3) is 7.97. The van der Waals surface area contributed by atoms with Gasteiger partial charge in [0.2, 0.25) is 0 Å². The standard InChI is InChI=1S/C41H48N8O3/c1-27-36(43-28(2)37(27)41(52)42-16-19-48-17-4-5-18-48)25-34-33-10-7-11-35(38(33)46-40(34)51)44-31-8-6-9-32(24-31)45-39(50)30-14-12-29(13-15-30)26-49-22-20-47(3)21-23-49/h6-15,24-25,43-44H,4-5,16-23,26H2,1-3H3,(H,42,52)(H,45,50)(H,46,51). The van der Waals surface area contributed by atoms with E-state index in [-0.39, 0.29) is 17.7 Å². The number of para-hydroxylation sites is 1. The van der Waals surface area contributed by atoms with Crippen molar-refractivity contribution in [2.45, 2.75) is 33.2 Å². The minimum absolute atomic E-state index is 0.106. The van der Waals surface area contributed by atoms with Gasteiger partial charge in [-0.3, -0.25) is 19.3 Å². The van der Waals surface area contributed by atoms with Gasteiger partial charge in [0.1, 0.15) is 0 Å². The summed E-state index contributed by atoms with van der Waals surface area (Å²) in [4.78, 5) is 50.1. The molecule has 0 atom stereocenters. The molecule has 4 aromatic rings. The van der Waals surface area contributed by atoms with E-state index in [1.807, 2.05) is 86.7 Å². The first-order chi connectivity index (χ1) is 25.2. The highest BCUT2D eigenvalue weighted by Gasteiger charge is 2.28. The molecule has 0 bridgehead atoms. The van der Waals surface area contributed by atoms with E-state index in [2.05, 4.69) is 48.0 Å². The largest absolute Gasteiger partial charge is 0.358 e. The van der Waals surface area contributed by atoms with Crippen molar-refractivity contribution < 1.29 is 14.4 Å². The number of piperazine rings is 1. The van der Waals surface area contributed by atoms with E-state index in [1.165, 1.54) is 18.4 Å². The molecule has 0 unspecified atom stereocenters. The Bertz CT molecular complexity index is 1990. The number of aromatic nitrogens is 1. The van der Waals surface area contributed by atoms with Gasteiger partial charge in [-0.2, -0.15) is 0 Å². The number of carbonyl (C=O) groups excluding carboxylic acids is 3. The van der Waals surface area contributed by atoms with E-state index >= 15 is 0 Å². The fourth-order valence-corrected chi connectivity index (χ4v) is 7.35. The number of carbonyl (C=O) groups is 3. The molecule has 0 spiro atoms. The summed E-state index contributed by atoms with van der Waals surface area (Å²) in [6.45, 7) is 12.6. The molecule has 3 aliphatic rings. The van der Waals surface area contributed by atoms with E-state index in [0.717, 1.165) is 86.2 Å². The quantitative estimate of drug-likeness (QED) is 0.127. The molecule has 0 saturated carbocycles. The first kappa shape index (κ1) is 35.2. The third-order valence-corrected chi connectivity index (χ3v) is 10.4. The van der Waals surface area contributed by atoms with Crippen LogP contribution in [0.5, 0.6) is 0 Å². The molecule has 2 saturated heterocycles. The minimum Gasteiger partial charge on any atom is -0.358 e. The average Bonchev–Trinajstić information content (AvgIpc) is 3.84. The molecule has 0 radical (unpaired) electrons. The van der Waals surface area contributed by atoms with Crippen LogP contribution in [0.4, 0.5) is 22.7 Å². The van der Waals surface area contributed by atoms with Gasteiger partial charge in [0.25, 0.3) is 17.7 Å². The average molecular weight is 701 g/mol. The van der Waals surface area contributed by atoms with Gasteiger partial charge in [-0.15, -0.1) is 0 Å². The highest BCUT2D eigenvalue weighted by molar-refractivity contribution is 6.36. The lowest BCUT2D eigenvalue weighted by atomic mass is 10.0. The van der Waals surface area contributed by atoms with Gasteiger partial charge >= 0.3 is 0 Å². The maximum Gasteiger partial charge on any atom is 0.256 e. The van der Waals surface area contributed by atoms with Crippen LogP contribution in [0.2, 0.25) is 0 Å². The molecule has 11 nitrogen and oxygen atoms in total. The van der Waals surface area contributed by atoms with Crippen molar-refractivity contribution in [3.8, 4) is 0 Å². The summed E-state index contributed by atoms with van der Waals surface area (Å²) in [6, 6.07) is 21.1. The first-order valence-electron chi connectivity index (χ1n) is 18.3. The molecule has 4 heterocycles. The number of likely N-dealkylation sites (tertiary alicyclic amines) is 1. The Kier molecular flexibility index (Phi) is 10.5. The molecule has 3 amide bonds.